The molecule has 0 saturated heterocycles. The van der Waals surface area contributed by atoms with Crippen LogP contribution >= 0.6 is 0 Å². The zero-order valence-corrected chi connectivity index (χ0v) is 13.6. The highest BCUT2D eigenvalue weighted by Gasteiger charge is 2.15. The van der Waals surface area contributed by atoms with Crippen LogP contribution < -0.4 is 5.73 Å². The Bertz CT molecular complexity index is 754. The van der Waals surface area contributed by atoms with Crippen molar-refractivity contribution >= 4 is 11.5 Å². The van der Waals surface area contributed by atoms with Crippen LogP contribution in [0.25, 0.3) is 5.57 Å². The molecule has 0 aliphatic carbocycles. The topological polar surface area (TPSA) is 52.3 Å². The second-order valence-electron chi connectivity index (χ2n) is 5.47. The van der Waals surface area contributed by atoms with Crippen molar-refractivity contribution in [3.63, 3.8) is 0 Å². The first-order valence-electron chi connectivity index (χ1n) is 7.48. The molecule has 0 aliphatic rings. The summed E-state index contributed by atoms with van der Waals surface area (Å²) in [4.78, 5) is 11.5. The van der Waals surface area contributed by atoms with Gasteiger partial charge in [-0.3, -0.25) is 4.79 Å². The molecule has 0 aliphatic heterocycles. The van der Waals surface area contributed by atoms with Gasteiger partial charge in [-0.2, -0.15) is 0 Å². The number of ether oxygens (including phenoxy) is 1. The number of rotatable bonds is 5. The highest BCUT2D eigenvalue weighted by molar-refractivity contribution is 5.81. The van der Waals surface area contributed by atoms with E-state index in [0.29, 0.717) is 5.57 Å². The van der Waals surface area contributed by atoms with Gasteiger partial charge in [0, 0.05) is 11.6 Å². The zero-order valence-electron chi connectivity index (χ0n) is 13.6. The van der Waals surface area contributed by atoms with Crippen LogP contribution in [-0.2, 0) is 9.53 Å². The van der Waals surface area contributed by atoms with Crippen molar-refractivity contribution in [1.82, 2.24) is 0 Å². The molecule has 2 N–H and O–H groups in total. The first-order chi connectivity index (χ1) is 11.4. The molecule has 1 atom stereocenters. The monoisotopic (exact) mass is 331 g/mol. The molecular formula is C19H19F2NO2. The summed E-state index contributed by atoms with van der Waals surface area (Å²) >= 11 is 0. The number of esters is 1. The van der Waals surface area contributed by atoms with E-state index < -0.39 is 23.6 Å². The van der Waals surface area contributed by atoms with Gasteiger partial charge in [-0.15, -0.1) is 0 Å². The summed E-state index contributed by atoms with van der Waals surface area (Å²) in [5, 5.41) is 0. The van der Waals surface area contributed by atoms with Crippen LogP contribution in [0.3, 0.4) is 0 Å². The number of hydrogen-bond acceptors (Lipinski definition) is 3. The molecule has 0 fully saturated rings. The summed E-state index contributed by atoms with van der Waals surface area (Å²) in [5.74, 6) is -1.87. The fourth-order valence-electron chi connectivity index (χ4n) is 2.32. The molecule has 0 radical (unpaired) electrons. The number of aryl methyl sites for hydroxylation is 1. The third-order valence-electron chi connectivity index (χ3n) is 3.66. The summed E-state index contributed by atoms with van der Waals surface area (Å²) in [7, 11) is 1.26. The minimum absolute atomic E-state index is 0.173. The number of methoxy groups -OCH3 is 1. The molecule has 3 nitrogen and oxygen atoms in total. The van der Waals surface area contributed by atoms with Crippen molar-refractivity contribution in [3.8, 4) is 0 Å². The van der Waals surface area contributed by atoms with Crippen molar-refractivity contribution in [2.75, 3.05) is 7.11 Å². The molecule has 24 heavy (non-hydrogen) atoms. The summed E-state index contributed by atoms with van der Waals surface area (Å²) in [6.07, 6.45) is 1.84. The lowest BCUT2D eigenvalue weighted by Gasteiger charge is -2.12. The average Bonchev–Trinajstić information content (AvgIpc) is 2.57. The van der Waals surface area contributed by atoms with E-state index >= 15 is 0 Å². The van der Waals surface area contributed by atoms with Gasteiger partial charge in [0.15, 0.2) is 0 Å². The first-order valence-corrected chi connectivity index (χ1v) is 7.48. The minimum atomic E-state index is -0.848. The van der Waals surface area contributed by atoms with E-state index in [9.17, 15) is 13.6 Å². The molecule has 0 saturated carbocycles. The second kappa shape index (κ2) is 7.84. The van der Waals surface area contributed by atoms with Gasteiger partial charge < -0.3 is 10.5 Å². The fraction of sp³-hybridized carbons (Fsp3) is 0.211. The molecule has 126 valence electrons. The molecule has 0 aromatic heterocycles. The van der Waals surface area contributed by atoms with Crippen LogP contribution in [0.5, 0.6) is 0 Å². The van der Waals surface area contributed by atoms with Gasteiger partial charge in [0.25, 0.3) is 0 Å². The Labute approximate surface area is 139 Å². The molecule has 0 heterocycles. The zero-order chi connectivity index (χ0) is 17.7. The van der Waals surface area contributed by atoms with Crippen molar-refractivity contribution in [3.05, 3.63) is 76.9 Å². The molecule has 2 aromatic carbocycles. The molecular weight excluding hydrogens is 312 g/mol. The quantitative estimate of drug-likeness (QED) is 0.852. The first kappa shape index (κ1) is 17.8. The molecule has 2 aromatic rings. The molecule has 2 rings (SSSR count). The second-order valence-corrected chi connectivity index (χ2v) is 5.47. The highest BCUT2D eigenvalue weighted by Crippen LogP contribution is 2.27. The lowest BCUT2D eigenvalue weighted by molar-refractivity contribution is -0.142. The number of carbonyl (C=O) groups excluding carboxylic acids is 1. The fourth-order valence-corrected chi connectivity index (χ4v) is 2.32. The Morgan fingerprint density at radius 2 is 1.88 bits per heavy atom. The minimum Gasteiger partial charge on any atom is -0.468 e. The van der Waals surface area contributed by atoms with Crippen molar-refractivity contribution in [2.45, 2.75) is 19.4 Å². The maximum absolute atomic E-state index is 14.2. The number of nitrogens with two attached hydrogens (primary N) is 1. The number of carbonyl (C=O) groups is 1. The van der Waals surface area contributed by atoms with Crippen LogP contribution in [0.4, 0.5) is 8.78 Å². The number of halogens is 2. The number of benzene rings is 2. The van der Waals surface area contributed by atoms with E-state index in [1.54, 1.807) is 6.08 Å². The van der Waals surface area contributed by atoms with Gasteiger partial charge in [-0.1, -0.05) is 35.9 Å². The lowest BCUT2D eigenvalue weighted by atomic mass is 9.95. The van der Waals surface area contributed by atoms with Crippen LogP contribution in [0.1, 0.15) is 23.1 Å². The van der Waals surface area contributed by atoms with E-state index in [1.165, 1.54) is 19.2 Å². The molecule has 0 bridgehead atoms. The normalized spacial score (nSPS) is 12.8. The summed E-state index contributed by atoms with van der Waals surface area (Å²) < 4.78 is 32.0. The third kappa shape index (κ3) is 4.26. The van der Waals surface area contributed by atoms with Crippen LogP contribution in [0, 0.1) is 18.6 Å². The standard InChI is InChI=1S/C19H19F2NO2/c1-12-3-5-13(6-4-12)15(9-10-18(22)19(23)24-2)16-8-7-14(20)11-17(16)21/h3-9,11,18H,10,22H2,1-2H3/b15-9+. The van der Waals surface area contributed by atoms with Gasteiger partial charge >= 0.3 is 5.97 Å². The predicted molar refractivity (Wildman–Crippen MR) is 89.2 cm³/mol. The SMILES string of the molecule is COC(=O)C(N)C/C=C(\c1ccc(C)cc1)c1ccc(F)cc1F. The summed E-state index contributed by atoms with van der Waals surface area (Å²) in [6, 6.07) is 10.0. The Morgan fingerprint density at radius 3 is 2.46 bits per heavy atom. The summed E-state index contributed by atoms with van der Waals surface area (Å²) in [5.41, 5.74) is 8.35. The lowest BCUT2D eigenvalue weighted by Crippen LogP contribution is -2.30. The number of hydrogen-bond donors (Lipinski definition) is 1. The van der Waals surface area contributed by atoms with Crippen molar-refractivity contribution in [1.29, 1.82) is 0 Å². The smallest absolute Gasteiger partial charge is 0.322 e. The maximum atomic E-state index is 14.2. The molecule has 0 spiro atoms. The van der Waals surface area contributed by atoms with E-state index in [-0.39, 0.29) is 12.0 Å². The summed E-state index contributed by atoms with van der Waals surface area (Å²) in [6.45, 7) is 1.94. The molecule has 5 heteroatoms. The van der Waals surface area contributed by atoms with Crippen LogP contribution in [0.2, 0.25) is 0 Å². The predicted octanol–water partition coefficient (Wildman–Crippen LogP) is 3.60. The average molecular weight is 331 g/mol. The van der Waals surface area contributed by atoms with Gasteiger partial charge in [-0.05, 0) is 36.6 Å². The van der Waals surface area contributed by atoms with E-state index in [2.05, 4.69) is 4.74 Å². The van der Waals surface area contributed by atoms with Crippen molar-refractivity contribution in [2.24, 2.45) is 5.73 Å². The third-order valence-corrected chi connectivity index (χ3v) is 3.66. The van der Waals surface area contributed by atoms with E-state index in [1.807, 2.05) is 31.2 Å². The molecule has 1 unspecified atom stereocenters. The largest absolute Gasteiger partial charge is 0.468 e. The highest BCUT2D eigenvalue weighted by atomic mass is 19.1. The Balaban J connectivity index is 2.45. The van der Waals surface area contributed by atoms with Gasteiger partial charge in [0.05, 0.1) is 7.11 Å². The van der Waals surface area contributed by atoms with E-state index in [4.69, 9.17) is 5.73 Å². The van der Waals surface area contributed by atoms with Gasteiger partial charge in [0.2, 0.25) is 0 Å². The van der Waals surface area contributed by atoms with Gasteiger partial charge in [-0.25, -0.2) is 8.78 Å². The Hall–Kier alpha value is -2.53. The van der Waals surface area contributed by atoms with Crippen LogP contribution in [0.15, 0.2) is 48.5 Å². The van der Waals surface area contributed by atoms with Gasteiger partial charge in [0.1, 0.15) is 17.7 Å². The maximum Gasteiger partial charge on any atom is 0.322 e. The van der Waals surface area contributed by atoms with Crippen molar-refractivity contribution < 1.29 is 18.3 Å². The van der Waals surface area contributed by atoms with Crippen LogP contribution in [-0.4, -0.2) is 19.1 Å². The Kier molecular flexibility index (Phi) is 5.82. The Morgan fingerprint density at radius 1 is 1.21 bits per heavy atom. The van der Waals surface area contributed by atoms with E-state index in [0.717, 1.165) is 17.2 Å². The molecule has 0 amide bonds.